The van der Waals surface area contributed by atoms with Crippen LogP contribution in [0.1, 0.15) is 56.0 Å². The fourth-order valence-electron chi connectivity index (χ4n) is 5.70. The zero-order valence-corrected chi connectivity index (χ0v) is 29.1. The summed E-state index contributed by atoms with van der Waals surface area (Å²) in [6.45, 7) is 6.77. The van der Waals surface area contributed by atoms with Crippen LogP contribution in [0, 0.1) is 0 Å². The molecule has 1 aromatic heterocycles. The first kappa shape index (κ1) is 36.5. The van der Waals surface area contributed by atoms with Gasteiger partial charge in [0.25, 0.3) is 0 Å². The Balaban J connectivity index is 1.40. The number of carboxylic acid groups (broad SMARTS) is 1. The lowest BCUT2D eigenvalue weighted by atomic mass is 9.98. The average molecular weight is 716 g/mol. The largest absolute Gasteiger partial charge is 0.478 e. The molecule has 15 nitrogen and oxygen atoms in total. The van der Waals surface area contributed by atoms with Gasteiger partial charge in [0.1, 0.15) is 12.4 Å². The topological polar surface area (TPSA) is 192 Å². The second-order valence-corrected chi connectivity index (χ2v) is 13.4. The van der Waals surface area contributed by atoms with Gasteiger partial charge in [0, 0.05) is 41.4 Å². The number of rotatable bonds is 9. The number of carbonyl (C=O) groups excluding carboxylic acids is 4. The van der Waals surface area contributed by atoms with Crippen LogP contribution in [0.2, 0.25) is 5.02 Å². The van der Waals surface area contributed by atoms with Crippen LogP contribution in [0.5, 0.6) is 0 Å². The van der Waals surface area contributed by atoms with E-state index >= 15 is 0 Å². The van der Waals surface area contributed by atoms with Crippen LogP contribution in [-0.2, 0) is 20.8 Å². The Kier molecular flexibility index (Phi) is 11.3. The van der Waals surface area contributed by atoms with Crippen LogP contribution in [0.4, 0.5) is 21.9 Å². The van der Waals surface area contributed by atoms with Gasteiger partial charge in [-0.2, -0.15) is 4.68 Å². The number of carboxylic acids is 1. The Labute approximate surface area is 298 Å². The number of aromatic nitrogens is 4. The van der Waals surface area contributed by atoms with Crippen molar-refractivity contribution in [1.29, 1.82) is 0 Å². The minimum absolute atomic E-state index is 0.0228. The molecule has 1 aliphatic heterocycles. The Hall–Kier alpha value is -5.83. The fourth-order valence-corrected chi connectivity index (χ4v) is 5.87. The predicted octanol–water partition coefficient (Wildman–Crippen LogP) is 4.53. The Bertz CT molecular complexity index is 1890. The van der Waals surface area contributed by atoms with E-state index in [4.69, 9.17) is 11.6 Å². The molecule has 51 heavy (non-hydrogen) atoms. The van der Waals surface area contributed by atoms with Gasteiger partial charge in [0.2, 0.25) is 5.91 Å². The van der Waals surface area contributed by atoms with Crippen molar-refractivity contribution in [2.75, 3.05) is 28.6 Å². The molecule has 4 aromatic rings. The van der Waals surface area contributed by atoms with Gasteiger partial charge < -0.3 is 30.9 Å². The van der Waals surface area contributed by atoms with Gasteiger partial charge in [0.05, 0.1) is 16.9 Å². The monoisotopic (exact) mass is 715 g/mol. The molecule has 5 amide bonds. The predicted molar refractivity (Wildman–Crippen MR) is 190 cm³/mol. The number of aromatic carboxylic acids is 1. The number of hydrogen-bond donors (Lipinski definition) is 4. The summed E-state index contributed by atoms with van der Waals surface area (Å²) in [5.74, 6) is -3.85. The van der Waals surface area contributed by atoms with Gasteiger partial charge in [-0.05, 0) is 111 Å². The summed E-state index contributed by atoms with van der Waals surface area (Å²) in [4.78, 5) is 68.7. The molecule has 1 atom stereocenters. The number of piperidine rings is 1. The van der Waals surface area contributed by atoms with Crippen molar-refractivity contribution in [3.63, 3.8) is 0 Å². The molecule has 1 unspecified atom stereocenters. The zero-order chi connectivity index (χ0) is 36.7. The number of halogens is 1. The lowest BCUT2D eigenvalue weighted by Crippen LogP contribution is -2.57. The lowest BCUT2D eigenvalue weighted by molar-refractivity contribution is -0.137. The Morgan fingerprint density at radius 1 is 0.902 bits per heavy atom. The van der Waals surface area contributed by atoms with Crippen LogP contribution in [0.15, 0.2) is 73.1 Å². The van der Waals surface area contributed by atoms with Gasteiger partial charge in [-0.3, -0.25) is 14.4 Å². The molecular formula is C35H38ClN9O6. The SMILES string of the molecule is CC(C)(C)N(C(=O)C(Cc1ccc(NC(=O)N2CCCCC2)cc1)NC(=O)C(=O)Nc1cc(Cl)ccc1-n1cnnn1)c1ccc(C(=O)O)cc1. The van der Waals surface area contributed by atoms with Gasteiger partial charge in [-0.15, -0.1) is 5.10 Å². The Morgan fingerprint density at radius 2 is 1.59 bits per heavy atom. The summed E-state index contributed by atoms with van der Waals surface area (Å²) in [5.41, 5.74) is 1.28. The Morgan fingerprint density at radius 3 is 2.20 bits per heavy atom. The van der Waals surface area contributed by atoms with Crippen LogP contribution < -0.4 is 20.9 Å². The van der Waals surface area contributed by atoms with Gasteiger partial charge in [-0.1, -0.05) is 23.7 Å². The van der Waals surface area contributed by atoms with Crippen molar-refractivity contribution in [2.45, 2.75) is 58.0 Å². The van der Waals surface area contributed by atoms with E-state index in [2.05, 4.69) is 31.5 Å². The van der Waals surface area contributed by atoms with Crippen molar-refractivity contribution in [3.8, 4) is 5.69 Å². The molecule has 0 bridgehead atoms. The summed E-state index contributed by atoms with van der Waals surface area (Å²) in [7, 11) is 0. The maximum atomic E-state index is 14.4. The van der Waals surface area contributed by atoms with Crippen LogP contribution in [0.3, 0.4) is 0 Å². The van der Waals surface area contributed by atoms with E-state index in [9.17, 15) is 29.1 Å². The van der Waals surface area contributed by atoms with Crippen molar-refractivity contribution in [3.05, 3.63) is 89.2 Å². The molecular weight excluding hydrogens is 678 g/mol. The normalized spacial score (nSPS) is 13.5. The molecule has 16 heteroatoms. The van der Waals surface area contributed by atoms with E-state index < -0.39 is 35.3 Å². The van der Waals surface area contributed by atoms with E-state index in [0.29, 0.717) is 35.7 Å². The standard InChI is InChI=1S/C35H38ClN9O6/c1-35(2,3)45(26-14-9-23(10-15-26)33(49)50)32(48)28(19-22-7-12-25(13-8-22)38-34(51)43-17-5-4-6-18-43)40-31(47)30(46)39-27-20-24(36)11-16-29(27)44-21-37-41-42-44/h7-16,20-21,28H,4-6,17-19H2,1-3H3,(H,38,51)(H,39,46)(H,40,47)(H,49,50). The number of likely N-dealkylation sites (tertiary alicyclic amines) is 1. The van der Waals surface area contributed by atoms with Gasteiger partial charge in [0.15, 0.2) is 0 Å². The maximum absolute atomic E-state index is 14.4. The summed E-state index contributed by atoms with van der Waals surface area (Å²) in [5, 5.41) is 28.8. The van der Waals surface area contributed by atoms with Crippen molar-refractivity contribution >= 4 is 58.4 Å². The van der Waals surface area contributed by atoms with Gasteiger partial charge >= 0.3 is 23.8 Å². The molecule has 266 valence electrons. The quantitative estimate of drug-likeness (QED) is 0.180. The number of tetrazole rings is 1. The summed E-state index contributed by atoms with van der Waals surface area (Å²) in [6, 6.07) is 15.8. The van der Waals surface area contributed by atoms with Crippen molar-refractivity contribution in [1.82, 2.24) is 30.4 Å². The number of benzene rings is 3. The van der Waals surface area contributed by atoms with E-state index in [0.717, 1.165) is 19.3 Å². The first-order chi connectivity index (χ1) is 24.3. The number of carbonyl (C=O) groups is 5. The molecule has 5 rings (SSSR count). The second kappa shape index (κ2) is 15.8. The molecule has 0 saturated carbocycles. The molecule has 0 radical (unpaired) electrons. The number of anilines is 3. The molecule has 3 aromatic carbocycles. The highest BCUT2D eigenvalue weighted by molar-refractivity contribution is 6.40. The first-order valence-corrected chi connectivity index (χ1v) is 16.6. The van der Waals surface area contributed by atoms with E-state index in [1.165, 1.54) is 46.2 Å². The number of nitrogens with zero attached hydrogens (tertiary/aromatic N) is 6. The van der Waals surface area contributed by atoms with Crippen LogP contribution >= 0.6 is 11.6 Å². The summed E-state index contributed by atoms with van der Waals surface area (Å²) in [6.07, 6.45) is 4.30. The third kappa shape index (κ3) is 9.25. The van der Waals surface area contributed by atoms with E-state index in [-0.39, 0.29) is 28.7 Å². The molecule has 4 N–H and O–H groups in total. The minimum Gasteiger partial charge on any atom is -0.478 e. The molecule has 1 aliphatic rings. The third-order valence-corrected chi connectivity index (χ3v) is 8.40. The third-order valence-electron chi connectivity index (χ3n) is 8.16. The second-order valence-electron chi connectivity index (χ2n) is 13.0. The molecule has 1 fully saturated rings. The number of hydrogen-bond acceptors (Lipinski definition) is 8. The highest BCUT2D eigenvalue weighted by Gasteiger charge is 2.35. The smallest absolute Gasteiger partial charge is 0.335 e. The van der Waals surface area contributed by atoms with Crippen molar-refractivity contribution in [2.24, 2.45) is 0 Å². The van der Waals surface area contributed by atoms with E-state index in [1.54, 1.807) is 62.1 Å². The maximum Gasteiger partial charge on any atom is 0.335 e. The first-order valence-electron chi connectivity index (χ1n) is 16.3. The molecule has 0 aliphatic carbocycles. The number of urea groups is 1. The highest BCUT2D eigenvalue weighted by Crippen LogP contribution is 2.27. The molecule has 2 heterocycles. The fraction of sp³-hybridized carbons (Fsp3) is 0.314. The number of amides is 5. The average Bonchev–Trinajstić information content (AvgIpc) is 3.64. The minimum atomic E-state index is -1.26. The van der Waals surface area contributed by atoms with Gasteiger partial charge in [-0.25, -0.2) is 9.59 Å². The number of nitrogens with one attached hydrogen (secondary N) is 3. The summed E-state index contributed by atoms with van der Waals surface area (Å²) < 4.78 is 1.28. The van der Waals surface area contributed by atoms with E-state index in [1.807, 2.05) is 0 Å². The summed E-state index contributed by atoms with van der Waals surface area (Å²) >= 11 is 6.18. The lowest BCUT2D eigenvalue weighted by Gasteiger charge is -2.38. The molecule has 0 spiro atoms. The zero-order valence-electron chi connectivity index (χ0n) is 28.3. The molecule has 1 saturated heterocycles. The van der Waals surface area contributed by atoms with Crippen LogP contribution in [-0.4, -0.2) is 84.6 Å². The van der Waals surface area contributed by atoms with Crippen molar-refractivity contribution < 1.29 is 29.1 Å². The van der Waals surface area contributed by atoms with Crippen LogP contribution in [0.25, 0.3) is 5.69 Å². The highest BCUT2D eigenvalue weighted by atomic mass is 35.5.